The van der Waals surface area contributed by atoms with Gasteiger partial charge in [-0.15, -0.1) is 11.8 Å². The molecule has 1 aromatic rings. The van der Waals surface area contributed by atoms with Crippen LogP contribution in [0.5, 0.6) is 0 Å². The summed E-state index contributed by atoms with van der Waals surface area (Å²) in [5, 5.41) is 0.822. The minimum absolute atomic E-state index is 0.0758. The Morgan fingerprint density at radius 3 is 2.67 bits per heavy atom. The van der Waals surface area contributed by atoms with Crippen LogP contribution in [0.1, 0.15) is 23.0 Å². The smallest absolute Gasteiger partial charge is 0.162 e. The van der Waals surface area contributed by atoms with Crippen LogP contribution in [0.15, 0.2) is 17.2 Å². The molecular weight excluding hydrogens is 170 g/mol. The standard InChI is InChI=1S/C9H11NOS/c1-6-4-5-8(7(2)11)9(10-6)12-3/h4-5H,1-3H3. The van der Waals surface area contributed by atoms with Gasteiger partial charge in [0.05, 0.1) is 0 Å². The van der Waals surface area contributed by atoms with Gasteiger partial charge in [0.15, 0.2) is 5.78 Å². The van der Waals surface area contributed by atoms with Gasteiger partial charge < -0.3 is 0 Å². The lowest BCUT2D eigenvalue weighted by atomic mass is 10.2. The van der Waals surface area contributed by atoms with Crippen molar-refractivity contribution in [3.8, 4) is 0 Å². The van der Waals surface area contributed by atoms with Gasteiger partial charge in [-0.1, -0.05) is 0 Å². The number of carbonyl (C=O) groups is 1. The fourth-order valence-electron chi connectivity index (χ4n) is 0.956. The van der Waals surface area contributed by atoms with Gasteiger partial charge in [-0.2, -0.15) is 0 Å². The van der Waals surface area contributed by atoms with E-state index in [1.54, 1.807) is 6.92 Å². The summed E-state index contributed by atoms with van der Waals surface area (Å²) < 4.78 is 0. The number of hydrogen-bond donors (Lipinski definition) is 0. The fraction of sp³-hybridized carbons (Fsp3) is 0.333. The minimum Gasteiger partial charge on any atom is -0.294 e. The highest BCUT2D eigenvalue weighted by Crippen LogP contribution is 2.18. The molecule has 1 aromatic heterocycles. The number of aryl methyl sites for hydroxylation is 1. The number of hydrogen-bond acceptors (Lipinski definition) is 3. The topological polar surface area (TPSA) is 30.0 Å². The van der Waals surface area contributed by atoms with Crippen LogP contribution in [0, 0.1) is 6.92 Å². The second-order valence-corrected chi connectivity index (χ2v) is 3.36. The maximum atomic E-state index is 11.1. The third kappa shape index (κ3) is 1.85. The Labute approximate surface area is 76.4 Å². The second kappa shape index (κ2) is 3.72. The van der Waals surface area contributed by atoms with Crippen molar-refractivity contribution in [2.45, 2.75) is 18.9 Å². The summed E-state index contributed by atoms with van der Waals surface area (Å²) in [7, 11) is 0. The molecule has 0 saturated carbocycles. The molecule has 0 aromatic carbocycles. The van der Waals surface area contributed by atoms with Crippen molar-refractivity contribution in [3.05, 3.63) is 23.4 Å². The lowest BCUT2D eigenvalue weighted by Crippen LogP contribution is -1.98. The van der Waals surface area contributed by atoms with E-state index in [2.05, 4.69) is 4.98 Å². The maximum Gasteiger partial charge on any atom is 0.162 e. The van der Waals surface area contributed by atoms with Crippen LogP contribution in [0.4, 0.5) is 0 Å². The summed E-state index contributed by atoms with van der Waals surface area (Å²) in [4.78, 5) is 15.3. The van der Waals surface area contributed by atoms with E-state index in [9.17, 15) is 4.79 Å². The Bertz CT molecular complexity index is 309. The van der Waals surface area contributed by atoms with Crippen molar-refractivity contribution >= 4 is 17.5 Å². The lowest BCUT2D eigenvalue weighted by Gasteiger charge is -2.02. The van der Waals surface area contributed by atoms with E-state index in [0.29, 0.717) is 5.56 Å². The monoisotopic (exact) mass is 181 g/mol. The van der Waals surface area contributed by atoms with Crippen LogP contribution in [-0.2, 0) is 0 Å². The summed E-state index contributed by atoms with van der Waals surface area (Å²) in [6.45, 7) is 3.48. The quantitative estimate of drug-likeness (QED) is 0.518. The van der Waals surface area contributed by atoms with Gasteiger partial charge in [0.25, 0.3) is 0 Å². The zero-order valence-corrected chi connectivity index (χ0v) is 8.23. The molecule has 1 rings (SSSR count). The summed E-state index contributed by atoms with van der Waals surface area (Å²) in [5.41, 5.74) is 1.66. The van der Waals surface area contributed by atoms with E-state index >= 15 is 0 Å². The number of rotatable bonds is 2. The Morgan fingerprint density at radius 1 is 1.50 bits per heavy atom. The molecule has 12 heavy (non-hydrogen) atoms. The zero-order chi connectivity index (χ0) is 9.14. The molecular formula is C9H11NOS. The highest BCUT2D eigenvalue weighted by molar-refractivity contribution is 7.98. The molecule has 2 nitrogen and oxygen atoms in total. The predicted molar refractivity (Wildman–Crippen MR) is 50.8 cm³/mol. The van der Waals surface area contributed by atoms with Crippen LogP contribution in [0.25, 0.3) is 0 Å². The molecule has 0 saturated heterocycles. The first-order valence-electron chi connectivity index (χ1n) is 3.67. The largest absolute Gasteiger partial charge is 0.294 e. The van der Waals surface area contributed by atoms with E-state index in [1.165, 1.54) is 11.8 Å². The molecule has 0 fully saturated rings. The van der Waals surface area contributed by atoms with Gasteiger partial charge in [0.1, 0.15) is 5.03 Å². The molecule has 0 radical (unpaired) electrons. The molecule has 64 valence electrons. The van der Waals surface area contributed by atoms with Crippen molar-refractivity contribution in [1.29, 1.82) is 0 Å². The molecule has 0 amide bonds. The van der Waals surface area contributed by atoms with Gasteiger partial charge in [-0.05, 0) is 32.2 Å². The van der Waals surface area contributed by atoms with E-state index in [4.69, 9.17) is 0 Å². The first-order valence-corrected chi connectivity index (χ1v) is 4.90. The maximum absolute atomic E-state index is 11.1. The molecule has 0 unspecified atom stereocenters. The van der Waals surface area contributed by atoms with Crippen LogP contribution in [0.3, 0.4) is 0 Å². The highest BCUT2D eigenvalue weighted by Gasteiger charge is 2.06. The van der Waals surface area contributed by atoms with Crippen molar-refractivity contribution in [3.63, 3.8) is 0 Å². The molecule has 0 aliphatic heterocycles. The first-order chi connectivity index (χ1) is 5.65. The van der Waals surface area contributed by atoms with E-state index in [0.717, 1.165) is 10.7 Å². The predicted octanol–water partition coefficient (Wildman–Crippen LogP) is 2.31. The minimum atomic E-state index is 0.0758. The summed E-state index contributed by atoms with van der Waals surface area (Å²) in [6, 6.07) is 3.69. The Kier molecular flexibility index (Phi) is 2.87. The molecule has 0 aliphatic carbocycles. The van der Waals surface area contributed by atoms with Crippen molar-refractivity contribution < 1.29 is 4.79 Å². The first kappa shape index (κ1) is 9.26. The van der Waals surface area contributed by atoms with Crippen molar-refractivity contribution in [2.24, 2.45) is 0 Å². The number of carbonyl (C=O) groups excluding carboxylic acids is 1. The van der Waals surface area contributed by atoms with Gasteiger partial charge in [0.2, 0.25) is 0 Å². The second-order valence-electron chi connectivity index (χ2n) is 2.57. The zero-order valence-electron chi connectivity index (χ0n) is 7.42. The number of Topliss-reactive ketones (excluding diaryl/α,β-unsaturated/α-hetero) is 1. The van der Waals surface area contributed by atoms with E-state index in [1.807, 2.05) is 25.3 Å². The SMILES string of the molecule is CSc1nc(C)ccc1C(C)=O. The molecule has 1 heterocycles. The van der Waals surface area contributed by atoms with Crippen molar-refractivity contribution in [2.75, 3.05) is 6.26 Å². The van der Waals surface area contributed by atoms with Gasteiger partial charge in [-0.25, -0.2) is 4.98 Å². The van der Waals surface area contributed by atoms with Gasteiger partial charge in [0, 0.05) is 11.3 Å². The van der Waals surface area contributed by atoms with Gasteiger partial charge in [-0.3, -0.25) is 4.79 Å². The third-order valence-corrected chi connectivity index (χ3v) is 2.27. The Morgan fingerprint density at radius 2 is 2.17 bits per heavy atom. The third-order valence-electron chi connectivity index (χ3n) is 1.57. The Balaban J connectivity index is 3.20. The normalized spacial score (nSPS) is 9.92. The summed E-state index contributed by atoms with van der Waals surface area (Å²) in [6.07, 6.45) is 1.92. The van der Waals surface area contributed by atoms with E-state index in [-0.39, 0.29) is 5.78 Å². The van der Waals surface area contributed by atoms with Crippen LogP contribution < -0.4 is 0 Å². The Hall–Kier alpha value is -0.830. The number of pyridine rings is 1. The molecule has 0 atom stereocenters. The molecule has 0 aliphatic rings. The lowest BCUT2D eigenvalue weighted by molar-refractivity contribution is 0.101. The summed E-state index contributed by atoms with van der Waals surface area (Å²) >= 11 is 1.51. The van der Waals surface area contributed by atoms with E-state index < -0.39 is 0 Å². The number of nitrogens with zero attached hydrogens (tertiary/aromatic N) is 1. The fourth-order valence-corrected chi connectivity index (χ4v) is 1.62. The summed E-state index contributed by atoms with van der Waals surface area (Å²) in [5.74, 6) is 0.0758. The van der Waals surface area contributed by atoms with Gasteiger partial charge >= 0.3 is 0 Å². The van der Waals surface area contributed by atoms with Crippen LogP contribution in [0.2, 0.25) is 0 Å². The van der Waals surface area contributed by atoms with Crippen molar-refractivity contribution in [1.82, 2.24) is 4.98 Å². The average molecular weight is 181 g/mol. The average Bonchev–Trinajstić information content (AvgIpc) is 2.03. The molecule has 3 heteroatoms. The number of ketones is 1. The molecule has 0 spiro atoms. The van der Waals surface area contributed by atoms with Crippen LogP contribution >= 0.6 is 11.8 Å². The number of thioether (sulfide) groups is 1. The molecule has 0 bridgehead atoms. The number of aromatic nitrogens is 1. The molecule has 0 N–H and O–H groups in total. The van der Waals surface area contributed by atoms with Crippen LogP contribution in [-0.4, -0.2) is 17.0 Å². The highest BCUT2D eigenvalue weighted by atomic mass is 32.2.